The summed E-state index contributed by atoms with van der Waals surface area (Å²) in [7, 11) is 0. The number of hydrogen-bond donors (Lipinski definition) is 1. The van der Waals surface area contributed by atoms with Gasteiger partial charge in [0.25, 0.3) is 0 Å². The van der Waals surface area contributed by atoms with Crippen molar-refractivity contribution in [3.8, 4) is 33.4 Å². The normalized spacial score (nSPS) is 15.7. The van der Waals surface area contributed by atoms with Crippen LogP contribution in [0, 0.1) is 0 Å². The second kappa shape index (κ2) is 12.4. The molecule has 1 atom stereocenters. The summed E-state index contributed by atoms with van der Waals surface area (Å²) in [5, 5.41) is 9.27. The zero-order chi connectivity index (χ0) is 37.5. The molecule has 1 heterocycles. The summed E-state index contributed by atoms with van der Waals surface area (Å²) in [5.41, 5.74) is 18.7. The van der Waals surface area contributed by atoms with E-state index in [2.05, 4.69) is 218 Å². The van der Waals surface area contributed by atoms with Crippen LogP contribution >= 0.6 is 0 Å². The largest absolute Gasteiger partial charge is 0.374 e. The lowest BCUT2D eigenvalue weighted by atomic mass is 9.70. The first kappa shape index (κ1) is 32.1. The van der Waals surface area contributed by atoms with Gasteiger partial charge in [-0.25, -0.2) is 0 Å². The molecule has 1 heteroatoms. The van der Waals surface area contributed by atoms with E-state index in [0.29, 0.717) is 0 Å². The van der Waals surface area contributed by atoms with Gasteiger partial charge < -0.3 is 5.32 Å². The van der Waals surface area contributed by atoms with E-state index in [9.17, 15) is 0 Å². The maximum absolute atomic E-state index is 3.86. The lowest BCUT2D eigenvalue weighted by molar-refractivity contribution is 0.767. The molecule has 1 aliphatic heterocycles. The molecule has 0 amide bonds. The lowest BCUT2D eigenvalue weighted by Crippen LogP contribution is -2.26. The predicted octanol–water partition coefficient (Wildman–Crippen LogP) is 13.8. The molecule has 0 fully saturated rings. The van der Waals surface area contributed by atoms with Gasteiger partial charge in [-0.1, -0.05) is 182 Å². The Morgan fingerprint density at radius 1 is 0.368 bits per heavy atom. The van der Waals surface area contributed by atoms with E-state index in [0.717, 1.165) is 5.70 Å². The molecule has 3 aliphatic rings. The highest BCUT2D eigenvalue weighted by molar-refractivity contribution is 6.17. The molecule has 266 valence electrons. The SMILES string of the molecule is C1=C(c2ccccc2)C=C(c2ccccc2)NC1c1cccc(-c2cccc(-c3ccc4c(c3)C3(c5ccccc5-4)c4cccc5ccc6cccc3c6c45)c2)c1. The fraction of sp³-hybridized carbons (Fsp3) is 0.0357. The summed E-state index contributed by atoms with van der Waals surface area (Å²) < 4.78 is 0. The Kier molecular flexibility index (Phi) is 6.97. The van der Waals surface area contributed by atoms with Crippen LogP contribution in [-0.4, -0.2) is 0 Å². The van der Waals surface area contributed by atoms with Gasteiger partial charge in [0.1, 0.15) is 0 Å². The summed E-state index contributed by atoms with van der Waals surface area (Å²) in [4.78, 5) is 0. The highest BCUT2D eigenvalue weighted by Crippen LogP contribution is 2.62. The van der Waals surface area contributed by atoms with Crippen molar-refractivity contribution in [1.29, 1.82) is 0 Å². The maximum atomic E-state index is 3.86. The van der Waals surface area contributed by atoms with E-state index >= 15 is 0 Å². The minimum absolute atomic E-state index is 0.0162. The number of allylic oxidation sites excluding steroid dienone is 2. The minimum atomic E-state index is -0.372. The minimum Gasteiger partial charge on any atom is -0.374 e. The van der Waals surface area contributed by atoms with Crippen LogP contribution in [0.4, 0.5) is 0 Å². The monoisotopic (exact) mass is 723 g/mol. The van der Waals surface area contributed by atoms with Crippen LogP contribution in [0.5, 0.6) is 0 Å². The third-order valence-electron chi connectivity index (χ3n) is 12.7. The van der Waals surface area contributed by atoms with Crippen molar-refractivity contribution >= 4 is 32.8 Å². The molecule has 57 heavy (non-hydrogen) atoms. The number of hydrogen-bond acceptors (Lipinski definition) is 1. The summed E-state index contributed by atoms with van der Waals surface area (Å²) >= 11 is 0. The Bertz CT molecular complexity index is 3090. The topological polar surface area (TPSA) is 12.0 Å². The smallest absolute Gasteiger partial charge is 0.0726 e. The van der Waals surface area contributed by atoms with Crippen molar-refractivity contribution < 1.29 is 0 Å². The molecule has 1 N–H and O–H groups in total. The molecule has 0 bridgehead atoms. The van der Waals surface area contributed by atoms with Crippen LogP contribution in [0.3, 0.4) is 0 Å². The second-order valence-electron chi connectivity index (χ2n) is 15.7. The average Bonchev–Trinajstić information content (AvgIpc) is 3.77. The Morgan fingerprint density at radius 3 is 1.63 bits per heavy atom. The van der Waals surface area contributed by atoms with Crippen molar-refractivity contribution in [2.75, 3.05) is 0 Å². The van der Waals surface area contributed by atoms with E-state index in [-0.39, 0.29) is 11.5 Å². The van der Waals surface area contributed by atoms with E-state index in [1.165, 1.54) is 99.4 Å². The first-order chi connectivity index (χ1) is 28.2. The van der Waals surface area contributed by atoms with Crippen LogP contribution in [0.1, 0.15) is 45.0 Å². The molecule has 0 saturated carbocycles. The molecule has 9 aromatic rings. The quantitative estimate of drug-likeness (QED) is 0.174. The molecule has 12 rings (SSSR count). The molecule has 0 saturated heterocycles. The van der Waals surface area contributed by atoms with Crippen molar-refractivity contribution in [2.45, 2.75) is 11.5 Å². The van der Waals surface area contributed by atoms with E-state index in [1.54, 1.807) is 0 Å². The number of nitrogens with one attached hydrogen (secondary N) is 1. The highest BCUT2D eigenvalue weighted by atomic mass is 14.9. The van der Waals surface area contributed by atoms with Gasteiger partial charge >= 0.3 is 0 Å². The molecular formula is C56H37N. The van der Waals surface area contributed by atoms with Gasteiger partial charge in [0.05, 0.1) is 11.5 Å². The number of fused-ring (bicyclic) bond motifs is 7. The lowest BCUT2D eigenvalue weighted by Gasteiger charge is -2.31. The first-order valence-corrected chi connectivity index (χ1v) is 20.0. The number of dihydropyridines is 1. The molecule has 1 spiro atoms. The summed E-state index contributed by atoms with van der Waals surface area (Å²) in [5.74, 6) is 0. The third kappa shape index (κ3) is 4.76. The van der Waals surface area contributed by atoms with E-state index in [4.69, 9.17) is 0 Å². The maximum Gasteiger partial charge on any atom is 0.0726 e. The molecule has 0 radical (unpaired) electrons. The van der Waals surface area contributed by atoms with Crippen molar-refractivity contribution in [3.05, 3.63) is 251 Å². The fourth-order valence-electron chi connectivity index (χ4n) is 10.2. The molecule has 2 aliphatic carbocycles. The van der Waals surface area contributed by atoms with Crippen LogP contribution in [0.15, 0.2) is 212 Å². The van der Waals surface area contributed by atoms with Gasteiger partial charge in [0, 0.05) is 5.70 Å². The Balaban J connectivity index is 0.960. The van der Waals surface area contributed by atoms with Crippen LogP contribution in [0.2, 0.25) is 0 Å². The zero-order valence-electron chi connectivity index (χ0n) is 31.3. The Labute approximate surface area is 332 Å². The second-order valence-corrected chi connectivity index (χ2v) is 15.7. The van der Waals surface area contributed by atoms with Gasteiger partial charge in [-0.05, 0) is 130 Å². The van der Waals surface area contributed by atoms with Gasteiger partial charge in [-0.3, -0.25) is 0 Å². The van der Waals surface area contributed by atoms with Crippen molar-refractivity contribution in [3.63, 3.8) is 0 Å². The summed E-state index contributed by atoms with van der Waals surface area (Å²) in [6.07, 6.45) is 4.64. The number of benzene rings is 9. The highest BCUT2D eigenvalue weighted by Gasteiger charge is 2.50. The summed E-state index contributed by atoms with van der Waals surface area (Å²) in [6, 6.07) is 74.2. The van der Waals surface area contributed by atoms with E-state index < -0.39 is 0 Å². The van der Waals surface area contributed by atoms with Gasteiger partial charge in [0.2, 0.25) is 0 Å². The Morgan fingerprint density at radius 2 is 0.912 bits per heavy atom. The van der Waals surface area contributed by atoms with Crippen molar-refractivity contribution in [2.24, 2.45) is 0 Å². The first-order valence-electron chi connectivity index (χ1n) is 20.0. The van der Waals surface area contributed by atoms with Crippen LogP contribution in [0.25, 0.3) is 66.2 Å². The molecular weight excluding hydrogens is 687 g/mol. The fourth-order valence-corrected chi connectivity index (χ4v) is 10.2. The molecule has 1 unspecified atom stereocenters. The number of rotatable bonds is 5. The van der Waals surface area contributed by atoms with Crippen LogP contribution < -0.4 is 5.32 Å². The van der Waals surface area contributed by atoms with Gasteiger partial charge in [-0.15, -0.1) is 0 Å². The summed E-state index contributed by atoms with van der Waals surface area (Å²) in [6.45, 7) is 0. The molecule has 9 aromatic carbocycles. The van der Waals surface area contributed by atoms with Gasteiger partial charge in [-0.2, -0.15) is 0 Å². The van der Waals surface area contributed by atoms with Gasteiger partial charge in [0.15, 0.2) is 0 Å². The van der Waals surface area contributed by atoms with Crippen LogP contribution in [-0.2, 0) is 5.41 Å². The third-order valence-corrected chi connectivity index (χ3v) is 12.7. The Hall–Kier alpha value is -7.22. The molecule has 1 nitrogen and oxygen atoms in total. The van der Waals surface area contributed by atoms with Crippen molar-refractivity contribution in [1.82, 2.24) is 5.32 Å². The van der Waals surface area contributed by atoms with E-state index in [1.807, 2.05) is 0 Å². The molecule has 0 aromatic heterocycles. The average molecular weight is 724 g/mol. The zero-order valence-corrected chi connectivity index (χ0v) is 31.3. The predicted molar refractivity (Wildman–Crippen MR) is 238 cm³/mol. The standard InChI is InChI=1S/C56H37N/c1-3-13-36(14-4-1)45-34-52(37-15-5-2-6-16-37)57-53(35-45)44-22-10-21-42(32-44)40-19-9-20-41(31-40)43-29-30-47-46-23-7-8-24-48(46)56(51(47)33-43)49-25-11-17-38-27-28-39-18-12-26-50(56)55(39)54(38)49/h1-35,53,57H.